The molecule has 0 spiro atoms. The predicted octanol–water partition coefficient (Wildman–Crippen LogP) is 1.43. The van der Waals surface area contributed by atoms with Crippen LogP contribution in [-0.2, 0) is 11.3 Å². The summed E-state index contributed by atoms with van der Waals surface area (Å²) in [6.45, 7) is 0.479. The summed E-state index contributed by atoms with van der Waals surface area (Å²) in [7, 11) is 6.49. The van der Waals surface area contributed by atoms with Crippen molar-refractivity contribution in [1.29, 1.82) is 0 Å². The molecule has 0 unspecified atom stereocenters. The molecule has 4 nitrogen and oxygen atoms in total. The zero-order valence-corrected chi connectivity index (χ0v) is 9.74. The van der Waals surface area contributed by atoms with Gasteiger partial charge in [-0.1, -0.05) is 6.07 Å². The average molecular weight is 213 g/mol. The average Bonchev–Trinajstić information content (AvgIpc) is 2.29. The van der Waals surface area contributed by atoms with E-state index in [1.807, 2.05) is 18.2 Å². The lowest BCUT2D eigenvalue weighted by molar-refractivity contribution is 0.277. The van der Waals surface area contributed by atoms with Crippen molar-refractivity contribution in [3.63, 3.8) is 0 Å². The van der Waals surface area contributed by atoms with Gasteiger partial charge in [0.2, 0.25) is 0 Å². The van der Waals surface area contributed by atoms with E-state index in [-0.39, 0.29) is 0 Å². The molecular formula is C11H19NO3. The van der Waals surface area contributed by atoms with Crippen LogP contribution in [0.3, 0.4) is 0 Å². The van der Waals surface area contributed by atoms with Gasteiger partial charge in [0.1, 0.15) is 11.5 Å². The molecule has 2 N–H and O–H groups in total. The van der Waals surface area contributed by atoms with Crippen molar-refractivity contribution in [1.82, 2.24) is 0 Å². The Morgan fingerprint density at radius 3 is 2.07 bits per heavy atom. The maximum Gasteiger partial charge on any atom is 0.127 e. The molecule has 0 heterocycles. The van der Waals surface area contributed by atoms with E-state index in [9.17, 15) is 0 Å². The van der Waals surface area contributed by atoms with Gasteiger partial charge in [0.05, 0.1) is 14.2 Å². The second kappa shape index (κ2) is 8.08. The topological polar surface area (TPSA) is 53.7 Å². The van der Waals surface area contributed by atoms with Crippen LogP contribution in [0.4, 0.5) is 0 Å². The van der Waals surface area contributed by atoms with Crippen LogP contribution in [0.2, 0.25) is 0 Å². The Bertz CT molecular complexity index is 277. The van der Waals surface area contributed by atoms with Crippen LogP contribution in [0, 0.1) is 0 Å². The van der Waals surface area contributed by atoms with Crippen molar-refractivity contribution in [2.45, 2.75) is 6.54 Å². The molecule has 86 valence electrons. The smallest absolute Gasteiger partial charge is 0.127 e. The van der Waals surface area contributed by atoms with Crippen LogP contribution in [0.15, 0.2) is 18.2 Å². The molecule has 0 radical (unpaired) electrons. The quantitative estimate of drug-likeness (QED) is 0.825. The molecule has 0 atom stereocenters. The highest BCUT2D eigenvalue weighted by Gasteiger charge is 2.01. The SMILES string of the molecule is COC.COc1ccc(CN)c(OC)c1. The molecule has 0 aliphatic heterocycles. The Hall–Kier alpha value is -1.26. The van der Waals surface area contributed by atoms with E-state index in [1.54, 1.807) is 28.4 Å². The first-order valence-corrected chi connectivity index (χ1v) is 4.54. The molecule has 1 aromatic carbocycles. The molecular weight excluding hydrogens is 194 g/mol. The molecule has 0 bridgehead atoms. The molecule has 1 rings (SSSR count). The molecule has 0 aliphatic rings. The first-order chi connectivity index (χ1) is 7.23. The third-order valence-corrected chi connectivity index (χ3v) is 1.71. The highest BCUT2D eigenvalue weighted by Crippen LogP contribution is 2.23. The van der Waals surface area contributed by atoms with E-state index in [1.165, 1.54) is 0 Å². The summed E-state index contributed by atoms with van der Waals surface area (Å²) in [5.74, 6) is 1.56. The van der Waals surface area contributed by atoms with E-state index in [0.717, 1.165) is 17.1 Å². The molecule has 1 aromatic rings. The second-order valence-electron chi connectivity index (χ2n) is 2.79. The first-order valence-electron chi connectivity index (χ1n) is 4.54. The number of rotatable bonds is 3. The van der Waals surface area contributed by atoms with Gasteiger partial charge in [-0.25, -0.2) is 0 Å². The van der Waals surface area contributed by atoms with Gasteiger partial charge < -0.3 is 19.9 Å². The van der Waals surface area contributed by atoms with E-state index < -0.39 is 0 Å². The van der Waals surface area contributed by atoms with Crippen LogP contribution in [0.1, 0.15) is 5.56 Å². The number of ether oxygens (including phenoxy) is 3. The fourth-order valence-electron chi connectivity index (χ4n) is 1.02. The van der Waals surface area contributed by atoms with E-state index in [4.69, 9.17) is 15.2 Å². The Morgan fingerprint density at radius 2 is 1.67 bits per heavy atom. The van der Waals surface area contributed by atoms with Crippen LogP contribution in [0.5, 0.6) is 11.5 Å². The van der Waals surface area contributed by atoms with Crippen LogP contribution in [0.25, 0.3) is 0 Å². The minimum Gasteiger partial charge on any atom is -0.497 e. The van der Waals surface area contributed by atoms with Crippen molar-refractivity contribution < 1.29 is 14.2 Å². The number of methoxy groups -OCH3 is 3. The van der Waals surface area contributed by atoms with E-state index in [0.29, 0.717) is 6.54 Å². The zero-order chi connectivity index (χ0) is 11.7. The maximum absolute atomic E-state index is 5.50. The Labute approximate surface area is 90.9 Å². The highest BCUT2D eigenvalue weighted by molar-refractivity contribution is 5.40. The van der Waals surface area contributed by atoms with E-state index >= 15 is 0 Å². The summed E-state index contributed by atoms with van der Waals surface area (Å²) in [5, 5.41) is 0. The predicted molar refractivity (Wildman–Crippen MR) is 60.4 cm³/mol. The van der Waals surface area contributed by atoms with Gasteiger partial charge in [0.25, 0.3) is 0 Å². The molecule has 15 heavy (non-hydrogen) atoms. The van der Waals surface area contributed by atoms with Crippen LogP contribution in [-0.4, -0.2) is 28.4 Å². The first kappa shape index (κ1) is 13.7. The maximum atomic E-state index is 5.50. The molecule has 0 aliphatic carbocycles. The molecule has 0 fully saturated rings. The van der Waals surface area contributed by atoms with Gasteiger partial charge in [0.15, 0.2) is 0 Å². The summed E-state index contributed by atoms with van der Waals surface area (Å²) in [6.07, 6.45) is 0. The van der Waals surface area contributed by atoms with E-state index in [2.05, 4.69) is 4.74 Å². The lowest BCUT2D eigenvalue weighted by Gasteiger charge is -2.07. The molecule has 0 amide bonds. The zero-order valence-electron chi connectivity index (χ0n) is 9.74. The normalized spacial score (nSPS) is 8.87. The minimum atomic E-state index is 0.479. The third-order valence-electron chi connectivity index (χ3n) is 1.71. The second-order valence-corrected chi connectivity index (χ2v) is 2.79. The van der Waals surface area contributed by atoms with Gasteiger partial charge in [-0.3, -0.25) is 0 Å². The highest BCUT2D eigenvalue weighted by atomic mass is 16.5. The van der Waals surface area contributed by atoms with Crippen molar-refractivity contribution in [2.75, 3.05) is 28.4 Å². The standard InChI is InChI=1S/C9H13NO2.C2H6O/c1-11-8-4-3-7(6-10)9(5-8)12-2;1-3-2/h3-5H,6,10H2,1-2H3;1-2H3. The van der Waals surface area contributed by atoms with Crippen molar-refractivity contribution in [2.24, 2.45) is 5.73 Å². The summed E-state index contributed by atoms with van der Waals surface area (Å²) in [5.41, 5.74) is 6.48. The summed E-state index contributed by atoms with van der Waals surface area (Å²) in [4.78, 5) is 0. The lowest BCUT2D eigenvalue weighted by Crippen LogP contribution is -1.99. The number of benzene rings is 1. The molecule has 4 heteroatoms. The van der Waals surface area contributed by atoms with Gasteiger partial charge in [-0.15, -0.1) is 0 Å². The molecule has 0 saturated carbocycles. The lowest BCUT2D eigenvalue weighted by atomic mass is 10.2. The Balaban J connectivity index is 0.000000583. The largest absolute Gasteiger partial charge is 0.497 e. The van der Waals surface area contributed by atoms with Gasteiger partial charge in [0, 0.05) is 32.4 Å². The van der Waals surface area contributed by atoms with Gasteiger partial charge in [-0.2, -0.15) is 0 Å². The summed E-state index contributed by atoms with van der Waals surface area (Å²) in [6, 6.07) is 5.59. The summed E-state index contributed by atoms with van der Waals surface area (Å²) < 4.78 is 14.4. The van der Waals surface area contributed by atoms with Crippen molar-refractivity contribution >= 4 is 0 Å². The Kier molecular flexibility index (Phi) is 7.40. The molecule has 0 saturated heterocycles. The Morgan fingerprint density at radius 1 is 1.07 bits per heavy atom. The van der Waals surface area contributed by atoms with Crippen molar-refractivity contribution in [3.05, 3.63) is 23.8 Å². The fourth-order valence-corrected chi connectivity index (χ4v) is 1.02. The molecule has 0 aromatic heterocycles. The minimum absolute atomic E-state index is 0.479. The fraction of sp³-hybridized carbons (Fsp3) is 0.455. The van der Waals surface area contributed by atoms with Crippen LogP contribution >= 0.6 is 0 Å². The van der Waals surface area contributed by atoms with Gasteiger partial charge >= 0.3 is 0 Å². The monoisotopic (exact) mass is 213 g/mol. The van der Waals surface area contributed by atoms with Crippen molar-refractivity contribution in [3.8, 4) is 11.5 Å². The number of nitrogens with two attached hydrogens (primary N) is 1. The number of hydrogen-bond donors (Lipinski definition) is 1. The number of hydrogen-bond acceptors (Lipinski definition) is 4. The van der Waals surface area contributed by atoms with Gasteiger partial charge in [-0.05, 0) is 6.07 Å². The third kappa shape index (κ3) is 4.67. The van der Waals surface area contributed by atoms with Crippen LogP contribution < -0.4 is 15.2 Å². The summed E-state index contributed by atoms with van der Waals surface area (Å²) >= 11 is 0.